The Balaban J connectivity index is 2.85. The largest absolute Gasteiger partial charge is 0.478 e. The summed E-state index contributed by atoms with van der Waals surface area (Å²) >= 11 is 0. The van der Waals surface area contributed by atoms with Crippen LogP contribution in [0.2, 0.25) is 0 Å². The smallest absolute Gasteiger partial charge is 0.335 e. The fraction of sp³-hybridized carbons (Fsp3) is 0.529. The Kier molecular flexibility index (Phi) is 7.60. The zero-order chi connectivity index (χ0) is 16.5. The molecule has 0 bridgehead atoms. The molecule has 0 fully saturated rings. The summed E-state index contributed by atoms with van der Waals surface area (Å²) in [6.07, 6.45) is 1.99. The molecule has 0 aliphatic rings. The molecule has 1 amide bonds. The minimum absolute atomic E-state index is 0.00767. The highest BCUT2D eigenvalue weighted by atomic mass is 16.5. The van der Waals surface area contributed by atoms with Crippen molar-refractivity contribution in [1.29, 1.82) is 0 Å². The zero-order valence-corrected chi connectivity index (χ0v) is 13.5. The number of aromatic carboxylic acids is 1. The standard InChI is InChI=1S/C17H25NO4/c1-4-15(5-2)18(9-10-22-3)16(19)12-13-7-6-8-14(11-13)17(20)21/h6-8,11,15H,4-5,9-10,12H2,1-3H3,(H,20,21). The van der Waals surface area contributed by atoms with E-state index in [4.69, 9.17) is 9.84 Å². The maximum atomic E-state index is 12.6. The lowest BCUT2D eigenvalue weighted by atomic mass is 10.1. The summed E-state index contributed by atoms with van der Waals surface area (Å²) in [4.78, 5) is 25.4. The van der Waals surface area contributed by atoms with Gasteiger partial charge < -0.3 is 14.7 Å². The maximum absolute atomic E-state index is 12.6. The van der Waals surface area contributed by atoms with Crippen molar-refractivity contribution in [3.05, 3.63) is 35.4 Å². The van der Waals surface area contributed by atoms with E-state index in [2.05, 4.69) is 13.8 Å². The van der Waals surface area contributed by atoms with E-state index in [0.29, 0.717) is 13.2 Å². The molecule has 0 aliphatic carbocycles. The highest BCUT2D eigenvalue weighted by Gasteiger charge is 2.21. The average molecular weight is 307 g/mol. The number of carbonyl (C=O) groups excluding carboxylic acids is 1. The number of carboxylic acids is 1. The number of methoxy groups -OCH3 is 1. The Labute approximate surface area is 131 Å². The first-order valence-electron chi connectivity index (χ1n) is 7.64. The number of amides is 1. The quantitative estimate of drug-likeness (QED) is 0.761. The highest BCUT2D eigenvalue weighted by Crippen LogP contribution is 2.13. The third kappa shape index (κ3) is 5.15. The second-order valence-corrected chi connectivity index (χ2v) is 5.23. The Morgan fingerprint density at radius 1 is 1.27 bits per heavy atom. The monoisotopic (exact) mass is 307 g/mol. The summed E-state index contributed by atoms with van der Waals surface area (Å²) < 4.78 is 5.09. The molecule has 5 heteroatoms. The van der Waals surface area contributed by atoms with Gasteiger partial charge in [-0.2, -0.15) is 0 Å². The van der Waals surface area contributed by atoms with Crippen LogP contribution in [0, 0.1) is 0 Å². The molecule has 0 aromatic heterocycles. The molecule has 1 aromatic carbocycles. The SMILES string of the molecule is CCC(CC)N(CCOC)C(=O)Cc1cccc(C(=O)O)c1. The highest BCUT2D eigenvalue weighted by molar-refractivity contribution is 5.88. The Hall–Kier alpha value is -1.88. The summed E-state index contributed by atoms with van der Waals surface area (Å²) in [6.45, 7) is 5.18. The number of rotatable bonds is 9. The summed E-state index contributed by atoms with van der Waals surface area (Å²) in [6, 6.07) is 6.72. The molecule has 122 valence electrons. The molecule has 1 rings (SSSR count). The van der Waals surface area contributed by atoms with Gasteiger partial charge in [0.25, 0.3) is 0 Å². The topological polar surface area (TPSA) is 66.8 Å². The summed E-state index contributed by atoms with van der Waals surface area (Å²) in [7, 11) is 1.62. The normalized spacial score (nSPS) is 10.7. The summed E-state index contributed by atoms with van der Waals surface area (Å²) in [5.74, 6) is -0.973. The van der Waals surface area contributed by atoms with Crippen LogP contribution in [-0.4, -0.2) is 48.2 Å². The second-order valence-electron chi connectivity index (χ2n) is 5.23. The van der Waals surface area contributed by atoms with Crippen molar-refractivity contribution in [3.63, 3.8) is 0 Å². The van der Waals surface area contributed by atoms with Gasteiger partial charge >= 0.3 is 5.97 Å². The van der Waals surface area contributed by atoms with Gasteiger partial charge in [0, 0.05) is 19.7 Å². The average Bonchev–Trinajstić information content (AvgIpc) is 2.51. The van der Waals surface area contributed by atoms with Crippen LogP contribution >= 0.6 is 0 Å². The van der Waals surface area contributed by atoms with Gasteiger partial charge in [0.05, 0.1) is 18.6 Å². The molecule has 0 saturated carbocycles. The molecule has 0 radical (unpaired) electrons. The van der Waals surface area contributed by atoms with Crippen LogP contribution in [0.1, 0.15) is 42.6 Å². The fourth-order valence-electron chi connectivity index (χ4n) is 2.52. The fourth-order valence-corrected chi connectivity index (χ4v) is 2.52. The first-order valence-corrected chi connectivity index (χ1v) is 7.64. The number of nitrogens with zero attached hydrogens (tertiary/aromatic N) is 1. The van der Waals surface area contributed by atoms with Crippen LogP contribution in [0.4, 0.5) is 0 Å². The zero-order valence-electron chi connectivity index (χ0n) is 13.5. The maximum Gasteiger partial charge on any atom is 0.335 e. The van der Waals surface area contributed by atoms with Crippen LogP contribution in [0.25, 0.3) is 0 Å². The molecule has 5 nitrogen and oxygen atoms in total. The predicted octanol–water partition coefficient (Wildman–Crippen LogP) is 2.59. The van der Waals surface area contributed by atoms with E-state index >= 15 is 0 Å². The van der Waals surface area contributed by atoms with Crippen molar-refractivity contribution in [2.75, 3.05) is 20.3 Å². The van der Waals surface area contributed by atoms with Crippen LogP contribution in [-0.2, 0) is 16.0 Å². The molecular weight excluding hydrogens is 282 g/mol. The van der Waals surface area contributed by atoms with Gasteiger partial charge in [-0.05, 0) is 30.5 Å². The molecule has 0 aliphatic heterocycles. The number of carbonyl (C=O) groups is 2. The number of hydrogen-bond acceptors (Lipinski definition) is 3. The predicted molar refractivity (Wildman–Crippen MR) is 85.1 cm³/mol. The number of carboxylic acid groups (broad SMARTS) is 1. The number of hydrogen-bond donors (Lipinski definition) is 1. The van der Waals surface area contributed by atoms with Gasteiger partial charge in [-0.25, -0.2) is 4.79 Å². The van der Waals surface area contributed by atoms with Crippen molar-refractivity contribution >= 4 is 11.9 Å². The first kappa shape index (κ1) is 18.2. The third-order valence-electron chi connectivity index (χ3n) is 3.77. The third-order valence-corrected chi connectivity index (χ3v) is 3.77. The lowest BCUT2D eigenvalue weighted by Gasteiger charge is -2.30. The molecule has 0 spiro atoms. The van der Waals surface area contributed by atoms with Crippen LogP contribution < -0.4 is 0 Å². The molecule has 0 unspecified atom stereocenters. The molecular formula is C17H25NO4. The van der Waals surface area contributed by atoms with Crippen molar-refractivity contribution in [2.24, 2.45) is 0 Å². The summed E-state index contributed by atoms with van der Waals surface area (Å²) in [5, 5.41) is 9.02. The molecule has 1 N–H and O–H groups in total. The van der Waals surface area contributed by atoms with Crippen molar-refractivity contribution in [1.82, 2.24) is 4.90 Å². The Bertz CT molecular complexity index is 497. The molecule has 0 atom stereocenters. The number of benzene rings is 1. The van der Waals surface area contributed by atoms with Crippen molar-refractivity contribution in [2.45, 2.75) is 39.2 Å². The minimum Gasteiger partial charge on any atom is -0.478 e. The van der Waals surface area contributed by atoms with Crippen LogP contribution in [0.3, 0.4) is 0 Å². The van der Waals surface area contributed by atoms with E-state index in [-0.39, 0.29) is 23.9 Å². The molecule has 22 heavy (non-hydrogen) atoms. The van der Waals surface area contributed by atoms with Gasteiger partial charge in [-0.15, -0.1) is 0 Å². The summed E-state index contributed by atoms with van der Waals surface area (Å²) in [5.41, 5.74) is 0.926. The van der Waals surface area contributed by atoms with Crippen molar-refractivity contribution < 1.29 is 19.4 Å². The lowest BCUT2D eigenvalue weighted by Crippen LogP contribution is -2.42. The van der Waals surface area contributed by atoms with E-state index in [1.165, 1.54) is 6.07 Å². The first-order chi connectivity index (χ1) is 10.5. The van der Waals surface area contributed by atoms with Crippen LogP contribution in [0.15, 0.2) is 24.3 Å². The molecule has 0 heterocycles. The molecule has 0 saturated heterocycles. The van der Waals surface area contributed by atoms with Gasteiger partial charge in [-0.1, -0.05) is 26.0 Å². The van der Waals surface area contributed by atoms with Gasteiger partial charge in [0.2, 0.25) is 5.91 Å². The van der Waals surface area contributed by atoms with E-state index in [1.54, 1.807) is 25.3 Å². The lowest BCUT2D eigenvalue weighted by molar-refractivity contribution is -0.133. The number of ether oxygens (including phenoxy) is 1. The van der Waals surface area contributed by atoms with Gasteiger partial charge in [0.1, 0.15) is 0 Å². The van der Waals surface area contributed by atoms with Crippen LogP contribution in [0.5, 0.6) is 0 Å². The van der Waals surface area contributed by atoms with Gasteiger partial charge in [0.15, 0.2) is 0 Å². The van der Waals surface area contributed by atoms with E-state index < -0.39 is 5.97 Å². The molecule has 1 aromatic rings. The Morgan fingerprint density at radius 2 is 1.95 bits per heavy atom. The Morgan fingerprint density at radius 3 is 2.50 bits per heavy atom. The van der Waals surface area contributed by atoms with E-state index in [0.717, 1.165) is 18.4 Å². The van der Waals surface area contributed by atoms with E-state index in [9.17, 15) is 9.59 Å². The van der Waals surface area contributed by atoms with Gasteiger partial charge in [-0.3, -0.25) is 4.79 Å². The minimum atomic E-state index is -0.981. The van der Waals surface area contributed by atoms with E-state index in [1.807, 2.05) is 4.90 Å². The second kappa shape index (κ2) is 9.20. The van der Waals surface area contributed by atoms with Crippen molar-refractivity contribution in [3.8, 4) is 0 Å².